The minimum atomic E-state index is -0.538. The van der Waals surface area contributed by atoms with E-state index in [1.165, 1.54) is 0 Å². The van der Waals surface area contributed by atoms with E-state index < -0.39 is 6.10 Å². The van der Waals surface area contributed by atoms with Crippen LogP contribution in [-0.2, 0) is 0 Å². The van der Waals surface area contributed by atoms with Crippen LogP contribution < -0.4 is 0 Å². The Bertz CT molecular complexity index is 239. The summed E-state index contributed by atoms with van der Waals surface area (Å²) in [5.41, 5.74) is 0.566. The van der Waals surface area contributed by atoms with Crippen LogP contribution in [0.3, 0.4) is 0 Å². The summed E-state index contributed by atoms with van der Waals surface area (Å²) in [5.74, 6) is 0. The van der Waals surface area contributed by atoms with Crippen molar-refractivity contribution >= 4 is 11.6 Å². The van der Waals surface area contributed by atoms with E-state index in [2.05, 4.69) is 4.98 Å². The molecule has 0 saturated carbocycles. The van der Waals surface area contributed by atoms with E-state index >= 15 is 0 Å². The Morgan fingerprint density at radius 3 is 3.00 bits per heavy atom. The first kappa shape index (κ1) is 8.50. The van der Waals surface area contributed by atoms with E-state index in [0.29, 0.717) is 17.1 Å². The molecule has 1 aromatic rings. The van der Waals surface area contributed by atoms with Gasteiger partial charge in [0.1, 0.15) is 0 Å². The molecule has 0 bridgehead atoms. The highest BCUT2D eigenvalue weighted by atomic mass is 35.5. The lowest BCUT2D eigenvalue weighted by molar-refractivity contribution is 0.169. The molecular weight excluding hydrogens is 162 g/mol. The van der Waals surface area contributed by atoms with Crippen molar-refractivity contribution in [2.24, 2.45) is 0 Å². The Labute approximate surface area is 70.8 Å². The molecule has 0 fully saturated rings. The Hall–Kier alpha value is -0.600. The van der Waals surface area contributed by atoms with E-state index in [4.69, 9.17) is 11.6 Å². The fourth-order valence-corrected chi connectivity index (χ4v) is 1.08. The van der Waals surface area contributed by atoms with Gasteiger partial charge in [0, 0.05) is 6.20 Å². The van der Waals surface area contributed by atoms with E-state index in [-0.39, 0.29) is 0 Å². The van der Waals surface area contributed by atoms with Crippen LogP contribution in [0.2, 0.25) is 5.02 Å². The monoisotopic (exact) mass is 171 g/mol. The molecule has 1 aromatic heterocycles. The first-order chi connectivity index (χ1) is 5.25. The molecule has 1 heterocycles. The van der Waals surface area contributed by atoms with E-state index in [9.17, 15) is 5.11 Å². The summed E-state index contributed by atoms with van der Waals surface area (Å²) in [4.78, 5) is 3.97. The van der Waals surface area contributed by atoms with Crippen molar-refractivity contribution in [2.75, 3.05) is 0 Å². The zero-order chi connectivity index (χ0) is 8.27. The van der Waals surface area contributed by atoms with Gasteiger partial charge in [-0.2, -0.15) is 0 Å². The van der Waals surface area contributed by atoms with Crippen molar-refractivity contribution in [3.8, 4) is 0 Å². The Morgan fingerprint density at radius 1 is 1.73 bits per heavy atom. The molecule has 2 nitrogen and oxygen atoms in total. The van der Waals surface area contributed by atoms with E-state index in [0.717, 1.165) is 0 Å². The minimum Gasteiger partial charge on any atom is -0.387 e. The largest absolute Gasteiger partial charge is 0.387 e. The standard InChI is InChI=1S/C8H10ClNO/c1-2-7(11)8-6(9)4-3-5-10-8/h3-5,7,11H,2H2,1H3. The topological polar surface area (TPSA) is 33.1 Å². The Kier molecular flexibility index (Phi) is 2.85. The second kappa shape index (κ2) is 3.69. The summed E-state index contributed by atoms with van der Waals surface area (Å²) < 4.78 is 0. The third kappa shape index (κ3) is 1.91. The predicted molar refractivity (Wildman–Crippen MR) is 44.5 cm³/mol. The zero-order valence-corrected chi connectivity index (χ0v) is 7.04. The van der Waals surface area contributed by atoms with Gasteiger partial charge >= 0.3 is 0 Å². The molecule has 0 aliphatic rings. The number of halogens is 1. The number of aliphatic hydroxyl groups is 1. The highest BCUT2D eigenvalue weighted by molar-refractivity contribution is 6.31. The fraction of sp³-hybridized carbons (Fsp3) is 0.375. The molecule has 1 unspecified atom stereocenters. The van der Waals surface area contributed by atoms with Crippen molar-refractivity contribution in [1.82, 2.24) is 4.98 Å². The van der Waals surface area contributed by atoms with Crippen molar-refractivity contribution < 1.29 is 5.11 Å². The first-order valence-corrected chi connectivity index (χ1v) is 3.92. The van der Waals surface area contributed by atoms with Crippen LogP contribution in [0.1, 0.15) is 25.1 Å². The first-order valence-electron chi connectivity index (χ1n) is 3.54. The molecule has 0 saturated heterocycles. The van der Waals surface area contributed by atoms with Crippen LogP contribution in [0.4, 0.5) is 0 Å². The summed E-state index contributed by atoms with van der Waals surface area (Å²) in [7, 11) is 0. The SMILES string of the molecule is CCC(O)c1ncccc1Cl. The van der Waals surface area contributed by atoms with Crippen molar-refractivity contribution in [1.29, 1.82) is 0 Å². The lowest BCUT2D eigenvalue weighted by atomic mass is 10.2. The molecule has 1 atom stereocenters. The van der Waals surface area contributed by atoms with Gasteiger partial charge < -0.3 is 5.11 Å². The van der Waals surface area contributed by atoms with Crippen LogP contribution >= 0.6 is 11.6 Å². The summed E-state index contributed by atoms with van der Waals surface area (Å²) in [5, 5.41) is 9.89. The maximum Gasteiger partial charge on any atom is 0.0972 e. The average Bonchev–Trinajstić information content (AvgIpc) is 2.04. The minimum absolute atomic E-state index is 0.529. The third-order valence-corrected chi connectivity index (χ3v) is 1.81. The lowest BCUT2D eigenvalue weighted by Crippen LogP contribution is -1.98. The number of pyridine rings is 1. The summed E-state index contributed by atoms with van der Waals surface area (Å²) in [6.07, 6.45) is 1.72. The molecule has 0 spiro atoms. The van der Waals surface area contributed by atoms with Gasteiger partial charge in [0.2, 0.25) is 0 Å². The Balaban J connectivity index is 2.93. The molecular formula is C8H10ClNO. The fourth-order valence-electron chi connectivity index (χ4n) is 0.836. The number of hydrogen-bond acceptors (Lipinski definition) is 2. The molecule has 3 heteroatoms. The quantitative estimate of drug-likeness (QED) is 0.740. The van der Waals surface area contributed by atoms with Crippen molar-refractivity contribution in [2.45, 2.75) is 19.4 Å². The highest BCUT2D eigenvalue weighted by Crippen LogP contribution is 2.21. The Morgan fingerprint density at radius 2 is 2.45 bits per heavy atom. The third-order valence-electron chi connectivity index (χ3n) is 1.49. The predicted octanol–water partition coefficient (Wildman–Crippen LogP) is 2.18. The van der Waals surface area contributed by atoms with E-state index in [1.54, 1.807) is 18.3 Å². The molecule has 11 heavy (non-hydrogen) atoms. The molecule has 0 radical (unpaired) electrons. The number of aliphatic hydroxyl groups excluding tert-OH is 1. The molecule has 60 valence electrons. The van der Waals surface area contributed by atoms with Gasteiger partial charge in [-0.1, -0.05) is 18.5 Å². The van der Waals surface area contributed by atoms with Gasteiger partial charge in [0.05, 0.1) is 16.8 Å². The lowest BCUT2D eigenvalue weighted by Gasteiger charge is -2.07. The average molecular weight is 172 g/mol. The summed E-state index contributed by atoms with van der Waals surface area (Å²) in [6, 6.07) is 3.47. The molecule has 0 aromatic carbocycles. The van der Waals surface area contributed by atoms with Gasteiger partial charge in [-0.05, 0) is 18.6 Å². The van der Waals surface area contributed by atoms with Gasteiger partial charge in [0.25, 0.3) is 0 Å². The van der Waals surface area contributed by atoms with Crippen LogP contribution in [-0.4, -0.2) is 10.1 Å². The van der Waals surface area contributed by atoms with Gasteiger partial charge in [-0.3, -0.25) is 4.98 Å². The van der Waals surface area contributed by atoms with Gasteiger partial charge in [-0.25, -0.2) is 0 Å². The number of nitrogens with zero attached hydrogens (tertiary/aromatic N) is 1. The summed E-state index contributed by atoms with van der Waals surface area (Å²) >= 11 is 5.78. The maximum absolute atomic E-state index is 9.36. The molecule has 1 N–H and O–H groups in total. The van der Waals surface area contributed by atoms with E-state index in [1.807, 2.05) is 6.92 Å². The second-order valence-electron chi connectivity index (χ2n) is 2.29. The van der Waals surface area contributed by atoms with Crippen LogP contribution in [0, 0.1) is 0 Å². The number of aromatic nitrogens is 1. The van der Waals surface area contributed by atoms with Gasteiger partial charge in [0.15, 0.2) is 0 Å². The number of hydrogen-bond donors (Lipinski definition) is 1. The second-order valence-corrected chi connectivity index (χ2v) is 2.70. The molecule has 1 rings (SSSR count). The maximum atomic E-state index is 9.36. The molecule has 0 aliphatic heterocycles. The highest BCUT2D eigenvalue weighted by Gasteiger charge is 2.08. The smallest absolute Gasteiger partial charge is 0.0972 e. The van der Waals surface area contributed by atoms with Crippen molar-refractivity contribution in [3.05, 3.63) is 29.0 Å². The van der Waals surface area contributed by atoms with Gasteiger partial charge in [-0.15, -0.1) is 0 Å². The van der Waals surface area contributed by atoms with Crippen LogP contribution in [0.15, 0.2) is 18.3 Å². The molecule has 0 amide bonds. The van der Waals surface area contributed by atoms with Crippen molar-refractivity contribution in [3.63, 3.8) is 0 Å². The number of rotatable bonds is 2. The normalized spacial score (nSPS) is 13.0. The molecule has 0 aliphatic carbocycles. The van der Waals surface area contributed by atoms with Crippen LogP contribution in [0.25, 0.3) is 0 Å². The zero-order valence-electron chi connectivity index (χ0n) is 6.29. The summed E-state index contributed by atoms with van der Waals surface area (Å²) in [6.45, 7) is 1.88. The van der Waals surface area contributed by atoms with Crippen LogP contribution in [0.5, 0.6) is 0 Å².